The lowest BCUT2D eigenvalue weighted by atomic mass is 10.1. The first kappa shape index (κ1) is 18.2. The summed E-state index contributed by atoms with van der Waals surface area (Å²) < 4.78 is 10.4. The highest BCUT2D eigenvalue weighted by atomic mass is 16.5. The van der Waals surface area contributed by atoms with Gasteiger partial charge in [-0.25, -0.2) is 4.79 Å². The number of rotatable bonds is 6. The second-order valence-electron chi connectivity index (χ2n) is 5.43. The minimum Gasteiger partial charge on any atom is -0.487 e. The number of carbonyl (C=O) groups excluding carboxylic acids is 3. The van der Waals surface area contributed by atoms with Gasteiger partial charge in [-0.05, 0) is 42.8 Å². The Morgan fingerprint density at radius 3 is 2.16 bits per heavy atom. The third-order valence-electron chi connectivity index (χ3n) is 3.47. The Morgan fingerprint density at radius 1 is 0.960 bits per heavy atom. The Bertz CT molecular complexity index is 796. The Balaban J connectivity index is 2.17. The van der Waals surface area contributed by atoms with Crippen LogP contribution in [-0.4, -0.2) is 24.8 Å². The first-order valence-corrected chi connectivity index (χ1v) is 7.63. The van der Waals surface area contributed by atoms with E-state index in [1.807, 2.05) is 0 Å². The van der Waals surface area contributed by atoms with Gasteiger partial charge in [-0.15, -0.1) is 0 Å². The van der Waals surface area contributed by atoms with Gasteiger partial charge in [-0.1, -0.05) is 12.1 Å². The van der Waals surface area contributed by atoms with Crippen molar-refractivity contribution in [1.82, 2.24) is 0 Å². The number of ketones is 1. The van der Waals surface area contributed by atoms with Crippen molar-refractivity contribution in [2.24, 2.45) is 0 Å². The second kappa shape index (κ2) is 8.10. The summed E-state index contributed by atoms with van der Waals surface area (Å²) in [6, 6.07) is 11.6. The molecule has 2 rings (SSSR count). The standard InChI is InChI=1S/C19H19NO5/c1-12(21)16-8-9-17(20-13(2)22)18(10-16)25-11-14-4-6-15(7-5-14)19(23)24-3/h4-10H,11H2,1-3H3,(H,20,22). The van der Waals surface area contributed by atoms with Crippen LogP contribution in [0.2, 0.25) is 0 Å². The van der Waals surface area contributed by atoms with Crippen LogP contribution in [0.4, 0.5) is 5.69 Å². The first-order valence-electron chi connectivity index (χ1n) is 7.63. The molecule has 0 spiro atoms. The fraction of sp³-hybridized carbons (Fsp3) is 0.211. The van der Waals surface area contributed by atoms with E-state index in [9.17, 15) is 14.4 Å². The normalized spacial score (nSPS) is 10.0. The van der Waals surface area contributed by atoms with E-state index < -0.39 is 5.97 Å². The van der Waals surface area contributed by atoms with Gasteiger partial charge in [0.15, 0.2) is 5.78 Å². The van der Waals surface area contributed by atoms with Crippen LogP contribution in [0.5, 0.6) is 5.75 Å². The van der Waals surface area contributed by atoms with Crippen LogP contribution in [0, 0.1) is 0 Å². The van der Waals surface area contributed by atoms with E-state index in [1.165, 1.54) is 21.0 Å². The molecular weight excluding hydrogens is 322 g/mol. The highest BCUT2D eigenvalue weighted by Crippen LogP contribution is 2.27. The lowest BCUT2D eigenvalue weighted by Crippen LogP contribution is -2.09. The zero-order chi connectivity index (χ0) is 18.4. The largest absolute Gasteiger partial charge is 0.487 e. The molecule has 0 saturated heterocycles. The number of amides is 1. The highest BCUT2D eigenvalue weighted by molar-refractivity contribution is 5.96. The molecule has 0 atom stereocenters. The van der Waals surface area contributed by atoms with Crippen LogP contribution in [0.3, 0.4) is 0 Å². The van der Waals surface area contributed by atoms with Gasteiger partial charge in [0.25, 0.3) is 0 Å². The molecule has 1 amide bonds. The molecular formula is C19H19NO5. The quantitative estimate of drug-likeness (QED) is 0.644. The lowest BCUT2D eigenvalue weighted by molar-refractivity contribution is -0.114. The number of benzene rings is 2. The minimum absolute atomic E-state index is 0.0957. The molecule has 0 aliphatic carbocycles. The Morgan fingerprint density at radius 2 is 1.60 bits per heavy atom. The summed E-state index contributed by atoms with van der Waals surface area (Å²) in [5.41, 5.74) is 2.26. The maximum atomic E-state index is 11.5. The van der Waals surface area contributed by atoms with Crippen molar-refractivity contribution in [3.05, 3.63) is 59.2 Å². The Kier molecular flexibility index (Phi) is 5.89. The van der Waals surface area contributed by atoms with Gasteiger partial charge in [-0.3, -0.25) is 9.59 Å². The van der Waals surface area contributed by atoms with Gasteiger partial charge in [0.1, 0.15) is 12.4 Å². The zero-order valence-corrected chi connectivity index (χ0v) is 14.3. The highest BCUT2D eigenvalue weighted by Gasteiger charge is 2.10. The number of hydrogen-bond donors (Lipinski definition) is 1. The minimum atomic E-state index is -0.408. The molecule has 0 aromatic heterocycles. The molecule has 0 radical (unpaired) electrons. The van der Waals surface area contributed by atoms with Crippen LogP contribution in [0.1, 0.15) is 40.1 Å². The van der Waals surface area contributed by atoms with E-state index in [-0.39, 0.29) is 18.3 Å². The molecule has 6 nitrogen and oxygen atoms in total. The number of hydrogen-bond acceptors (Lipinski definition) is 5. The van der Waals surface area contributed by atoms with E-state index in [1.54, 1.807) is 42.5 Å². The maximum absolute atomic E-state index is 11.5. The number of carbonyl (C=O) groups is 3. The van der Waals surface area contributed by atoms with Crippen LogP contribution < -0.4 is 10.1 Å². The summed E-state index contributed by atoms with van der Waals surface area (Å²) >= 11 is 0. The fourth-order valence-corrected chi connectivity index (χ4v) is 2.17. The summed E-state index contributed by atoms with van der Waals surface area (Å²) in [5, 5.41) is 2.67. The van der Waals surface area contributed by atoms with Crippen molar-refractivity contribution < 1.29 is 23.9 Å². The van der Waals surface area contributed by atoms with Crippen LogP contribution in [-0.2, 0) is 16.1 Å². The van der Waals surface area contributed by atoms with Gasteiger partial charge in [-0.2, -0.15) is 0 Å². The van der Waals surface area contributed by atoms with Crippen molar-refractivity contribution >= 4 is 23.3 Å². The van der Waals surface area contributed by atoms with E-state index in [0.717, 1.165) is 5.56 Å². The van der Waals surface area contributed by atoms with Crippen molar-refractivity contribution in [2.75, 3.05) is 12.4 Å². The third kappa shape index (κ3) is 4.91. The van der Waals surface area contributed by atoms with E-state index in [4.69, 9.17) is 4.74 Å². The molecule has 0 aliphatic rings. The summed E-state index contributed by atoms with van der Waals surface area (Å²) in [7, 11) is 1.32. The second-order valence-corrected chi connectivity index (χ2v) is 5.43. The number of anilines is 1. The third-order valence-corrected chi connectivity index (χ3v) is 3.47. The van der Waals surface area contributed by atoms with Gasteiger partial charge in [0.05, 0.1) is 18.4 Å². The summed E-state index contributed by atoms with van der Waals surface area (Å²) in [6.45, 7) is 3.08. The zero-order valence-electron chi connectivity index (χ0n) is 14.3. The maximum Gasteiger partial charge on any atom is 0.337 e. The predicted molar refractivity (Wildman–Crippen MR) is 92.9 cm³/mol. The number of Topliss-reactive ketones (excluding diaryl/α,β-unsaturated/α-hetero) is 1. The van der Waals surface area contributed by atoms with Crippen LogP contribution >= 0.6 is 0 Å². The molecule has 130 valence electrons. The molecule has 25 heavy (non-hydrogen) atoms. The molecule has 0 unspecified atom stereocenters. The molecule has 6 heteroatoms. The van der Waals surface area contributed by atoms with E-state index in [2.05, 4.69) is 10.1 Å². The fourth-order valence-electron chi connectivity index (χ4n) is 2.17. The molecule has 0 aliphatic heterocycles. The number of nitrogens with one attached hydrogen (secondary N) is 1. The predicted octanol–water partition coefficient (Wildman–Crippen LogP) is 3.21. The van der Waals surface area contributed by atoms with Crippen molar-refractivity contribution in [1.29, 1.82) is 0 Å². The van der Waals surface area contributed by atoms with Crippen molar-refractivity contribution in [2.45, 2.75) is 20.5 Å². The summed E-state index contributed by atoms with van der Waals surface area (Å²) in [4.78, 5) is 34.3. The summed E-state index contributed by atoms with van der Waals surface area (Å²) in [6.07, 6.45) is 0. The molecule has 2 aromatic rings. The average molecular weight is 341 g/mol. The van der Waals surface area contributed by atoms with Gasteiger partial charge in [0.2, 0.25) is 5.91 Å². The van der Waals surface area contributed by atoms with Crippen molar-refractivity contribution in [3.8, 4) is 5.75 Å². The summed E-state index contributed by atoms with van der Waals surface area (Å²) in [5.74, 6) is -0.334. The van der Waals surface area contributed by atoms with E-state index in [0.29, 0.717) is 22.6 Å². The Hall–Kier alpha value is -3.15. The van der Waals surface area contributed by atoms with Gasteiger partial charge < -0.3 is 14.8 Å². The monoisotopic (exact) mass is 341 g/mol. The van der Waals surface area contributed by atoms with E-state index >= 15 is 0 Å². The van der Waals surface area contributed by atoms with Crippen LogP contribution in [0.25, 0.3) is 0 Å². The Labute approximate surface area is 145 Å². The average Bonchev–Trinajstić information content (AvgIpc) is 2.60. The SMILES string of the molecule is COC(=O)c1ccc(COc2cc(C(C)=O)ccc2NC(C)=O)cc1. The van der Waals surface area contributed by atoms with Gasteiger partial charge >= 0.3 is 5.97 Å². The van der Waals surface area contributed by atoms with Crippen LogP contribution in [0.15, 0.2) is 42.5 Å². The topological polar surface area (TPSA) is 81.7 Å². The van der Waals surface area contributed by atoms with Gasteiger partial charge in [0, 0.05) is 12.5 Å². The first-order chi connectivity index (χ1) is 11.9. The molecule has 0 saturated carbocycles. The smallest absolute Gasteiger partial charge is 0.337 e. The molecule has 0 heterocycles. The molecule has 0 bridgehead atoms. The molecule has 1 N–H and O–H groups in total. The molecule has 2 aromatic carbocycles. The number of esters is 1. The van der Waals surface area contributed by atoms with Crippen molar-refractivity contribution in [3.63, 3.8) is 0 Å². The lowest BCUT2D eigenvalue weighted by Gasteiger charge is -2.13. The number of ether oxygens (including phenoxy) is 2. The number of methoxy groups -OCH3 is 1. The molecule has 0 fully saturated rings.